The Balaban J connectivity index is 1.02. The summed E-state index contributed by atoms with van der Waals surface area (Å²) < 4.78 is 10.9. The zero-order chi connectivity index (χ0) is 35.3. The van der Waals surface area contributed by atoms with Crippen molar-refractivity contribution < 1.29 is 28.7 Å². The van der Waals surface area contributed by atoms with Crippen LogP contribution in [0.25, 0.3) is 0 Å². The van der Waals surface area contributed by atoms with Gasteiger partial charge in [0.15, 0.2) is 0 Å². The quantitative estimate of drug-likeness (QED) is 0.0800. The number of rotatable bonds is 15. The molecule has 5 rings (SSSR count). The van der Waals surface area contributed by atoms with Crippen LogP contribution in [-0.2, 0) is 23.9 Å². The van der Waals surface area contributed by atoms with Gasteiger partial charge in [0.2, 0.25) is 0 Å². The number of hydrogen-bond donors (Lipinski definition) is 1. The lowest BCUT2D eigenvalue weighted by atomic mass is 9.47. The maximum absolute atomic E-state index is 12.7. The van der Waals surface area contributed by atoms with Gasteiger partial charge in [-0.15, -0.1) is 0 Å². The Morgan fingerprint density at radius 2 is 1.73 bits per heavy atom. The van der Waals surface area contributed by atoms with Gasteiger partial charge in [0.05, 0.1) is 6.61 Å². The molecule has 0 spiro atoms. The number of esters is 1. The van der Waals surface area contributed by atoms with Gasteiger partial charge in [-0.1, -0.05) is 72.0 Å². The second-order valence-corrected chi connectivity index (χ2v) is 17.7. The van der Waals surface area contributed by atoms with Gasteiger partial charge in [0, 0.05) is 31.7 Å². The molecule has 49 heavy (non-hydrogen) atoms. The second kappa shape index (κ2) is 16.4. The predicted octanol–water partition coefficient (Wildman–Crippen LogP) is 9.41. The van der Waals surface area contributed by atoms with Gasteiger partial charge in [-0.05, 0) is 117 Å². The van der Waals surface area contributed by atoms with Crippen LogP contribution in [0.15, 0.2) is 11.6 Å². The van der Waals surface area contributed by atoms with Crippen molar-refractivity contribution in [3.05, 3.63) is 11.6 Å². The molecule has 0 radical (unpaired) electrons. The van der Waals surface area contributed by atoms with E-state index in [0.717, 1.165) is 67.6 Å². The minimum Gasteiger partial charge on any atom is -0.465 e. The van der Waals surface area contributed by atoms with Gasteiger partial charge >= 0.3 is 12.1 Å². The minimum atomic E-state index is -0.782. The molecule has 276 valence electrons. The van der Waals surface area contributed by atoms with Crippen molar-refractivity contribution in [2.45, 2.75) is 157 Å². The third-order valence-corrected chi connectivity index (χ3v) is 14.3. The van der Waals surface area contributed by atoms with Crippen molar-refractivity contribution in [2.75, 3.05) is 13.2 Å². The Morgan fingerprint density at radius 1 is 0.939 bits per heavy atom. The summed E-state index contributed by atoms with van der Waals surface area (Å²) in [6.45, 7) is 14.9. The van der Waals surface area contributed by atoms with Crippen LogP contribution in [0.4, 0.5) is 4.79 Å². The topological polar surface area (TPSA) is 98.8 Å². The van der Waals surface area contributed by atoms with E-state index in [9.17, 15) is 19.2 Å². The Morgan fingerprint density at radius 3 is 2.49 bits per heavy atom. The number of hydrogen-bond acceptors (Lipinski definition) is 6. The fourth-order valence-corrected chi connectivity index (χ4v) is 11.5. The summed E-state index contributed by atoms with van der Waals surface area (Å²) in [5.74, 6) is 3.16. The summed E-state index contributed by atoms with van der Waals surface area (Å²) in [4.78, 5) is 49.5. The molecule has 7 heteroatoms. The molecule has 5 aliphatic rings. The average Bonchev–Trinajstić information content (AvgIpc) is 3.62. The third kappa shape index (κ3) is 8.49. The molecule has 10 atom stereocenters. The first-order valence-electron chi connectivity index (χ1n) is 20.2. The number of ether oxygens (including phenoxy) is 2. The maximum Gasteiger partial charge on any atom is 0.407 e. The highest BCUT2D eigenvalue weighted by atomic mass is 16.6. The van der Waals surface area contributed by atoms with Gasteiger partial charge in [-0.25, -0.2) is 4.79 Å². The van der Waals surface area contributed by atoms with Crippen molar-refractivity contribution in [3.63, 3.8) is 0 Å². The monoisotopic (exact) mass is 681 g/mol. The summed E-state index contributed by atoms with van der Waals surface area (Å²) >= 11 is 0. The van der Waals surface area contributed by atoms with Crippen molar-refractivity contribution in [3.8, 4) is 0 Å². The van der Waals surface area contributed by atoms with Gasteiger partial charge in [0.1, 0.15) is 23.6 Å². The van der Waals surface area contributed by atoms with Crippen molar-refractivity contribution >= 4 is 23.6 Å². The normalized spacial score (nSPS) is 35.9. The molecule has 0 bridgehead atoms. The van der Waals surface area contributed by atoms with Gasteiger partial charge in [-0.2, -0.15) is 0 Å². The summed E-state index contributed by atoms with van der Waals surface area (Å²) in [6, 6.07) is 0. The highest BCUT2D eigenvalue weighted by molar-refractivity contribution is 6.03. The van der Waals surface area contributed by atoms with Crippen LogP contribution in [0.1, 0.15) is 151 Å². The number of amides is 1. The Kier molecular flexibility index (Phi) is 12.8. The van der Waals surface area contributed by atoms with Crippen molar-refractivity contribution in [2.24, 2.45) is 58.2 Å². The van der Waals surface area contributed by atoms with Gasteiger partial charge < -0.3 is 14.8 Å². The molecular formula is C42H67NO6. The van der Waals surface area contributed by atoms with E-state index < -0.39 is 11.9 Å². The second-order valence-electron chi connectivity index (χ2n) is 17.7. The van der Waals surface area contributed by atoms with Crippen LogP contribution in [0.5, 0.6) is 0 Å². The predicted molar refractivity (Wildman–Crippen MR) is 193 cm³/mol. The van der Waals surface area contributed by atoms with E-state index in [0.29, 0.717) is 24.8 Å². The summed E-state index contributed by atoms with van der Waals surface area (Å²) in [6.07, 6.45) is 19.1. The fraction of sp³-hybridized carbons (Fsp3) is 0.857. The SMILES string of the molecule is CCOC(=O)C1CC(C(=O)CCCCCNC(=O)O[C@H]2CC[C@@]3(C)C(=CCC4C3CC[C@@]3(C)C4CC[C@@H]3C(C)CCCC(C)C)C2)CC1=O. The van der Waals surface area contributed by atoms with E-state index in [4.69, 9.17) is 9.47 Å². The van der Waals surface area contributed by atoms with E-state index in [1.165, 1.54) is 51.4 Å². The Bertz CT molecular complexity index is 1230. The highest BCUT2D eigenvalue weighted by Gasteiger charge is 2.59. The number of unbranched alkanes of at least 4 members (excludes halogenated alkanes) is 2. The van der Waals surface area contributed by atoms with E-state index in [2.05, 4.69) is 46.0 Å². The average molecular weight is 682 g/mol. The molecular weight excluding hydrogens is 614 g/mol. The van der Waals surface area contributed by atoms with Crippen LogP contribution in [0, 0.1) is 58.2 Å². The zero-order valence-corrected chi connectivity index (χ0v) is 31.7. The molecule has 4 saturated carbocycles. The molecule has 0 aliphatic heterocycles. The lowest BCUT2D eigenvalue weighted by Gasteiger charge is -2.58. The molecule has 0 aromatic rings. The van der Waals surface area contributed by atoms with Crippen LogP contribution >= 0.6 is 0 Å². The van der Waals surface area contributed by atoms with Crippen LogP contribution in [0.3, 0.4) is 0 Å². The first-order chi connectivity index (χ1) is 23.4. The smallest absolute Gasteiger partial charge is 0.407 e. The lowest BCUT2D eigenvalue weighted by Crippen LogP contribution is -2.51. The first kappa shape index (κ1) is 38.1. The number of allylic oxidation sites excluding steroid dienone is 1. The summed E-state index contributed by atoms with van der Waals surface area (Å²) in [5.41, 5.74) is 2.28. The van der Waals surface area contributed by atoms with Crippen LogP contribution < -0.4 is 5.32 Å². The highest BCUT2D eigenvalue weighted by Crippen LogP contribution is 2.67. The van der Waals surface area contributed by atoms with Crippen molar-refractivity contribution in [1.82, 2.24) is 5.32 Å². The number of ketones is 2. The van der Waals surface area contributed by atoms with E-state index in [-0.39, 0.29) is 54.5 Å². The Labute approximate surface area is 296 Å². The summed E-state index contributed by atoms with van der Waals surface area (Å²) in [7, 11) is 0. The molecule has 0 aromatic carbocycles. The zero-order valence-electron chi connectivity index (χ0n) is 31.7. The molecule has 6 unspecified atom stereocenters. The first-order valence-corrected chi connectivity index (χ1v) is 20.2. The standard InChI is InChI=1S/C42H67NO6/c1-7-48-39(46)33-24-29(25-38(33)45)37(44)14-9-8-10-23-43-40(47)49-31-19-21-41(5)30(26-31)15-16-32-35-18-17-34(28(4)13-11-12-27(2)3)42(35,6)22-20-36(32)41/h15,27-29,31-36H,7-14,16-26H2,1-6H3,(H,43,47)/t28?,29?,31-,32?,33?,34+,35?,36?,41-,42+/m0/s1. The number of carbonyl (C=O) groups is 4. The lowest BCUT2D eigenvalue weighted by molar-refractivity contribution is -0.150. The number of Topliss-reactive ketones (excluding diaryl/α,β-unsaturated/α-hetero) is 2. The van der Waals surface area contributed by atoms with E-state index >= 15 is 0 Å². The molecule has 7 nitrogen and oxygen atoms in total. The molecule has 5 aliphatic carbocycles. The number of alkyl carbamates (subject to hydrolysis) is 1. The number of carbonyl (C=O) groups excluding carboxylic acids is 4. The fourth-order valence-electron chi connectivity index (χ4n) is 11.5. The number of fused-ring (bicyclic) bond motifs is 5. The molecule has 4 fully saturated rings. The summed E-state index contributed by atoms with van der Waals surface area (Å²) in [5, 5.41) is 2.93. The largest absolute Gasteiger partial charge is 0.465 e. The molecule has 0 saturated heterocycles. The van der Waals surface area contributed by atoms with E-state index in [1.54, 1.807) is 12.5 Å². The number of nitrogens with one attached hydrogen (secondary N) is 1. The Hall–Kier alpha value is -2.18. The third-order valence-electron chi connectivity index (χ3n) is 14.3. The van der Waals surface area contributed by atoms with Gasteiger partial charge in [-0.3, -0.25) is 14.4 Å². The molecule has 0 aromatic heterocycles. The van der Waals surface area contributed by atoms with E-state index in [1.807, 2.05) is 0 Å². The molecule has 0 heterocycles. The molecule has 1 N–H and O–H groups in total. The minimum absolute atomic E-state index is 0.0527. The maximum atomic E-state index is 12.7. The van der Waals surface area contributed by atoms with Crippen molar-refractivity contribution in [1.29, 1.82) is 0 Å². The molecule has 1 amide bonds. The van der Waals surface area contributed by atoms with Crippen LogP contribution in [0.2, 0.25) is 0 Å². The van der Waals surface area contributed by atoms with Crippen LogP contribution in [-0.4, -0.2) is 42.9 Å². The van der Waals surface area contributed by atoms with Gasteiger partial charge in [0.25, 0.3) is 0 Å².